The Morgan fingerprint density at radius 2 is 1.63 bits per heavy atom. The van der Waals surface area contributed by atoms with Crippen LogP contribution in [0.1, 0.15) is 66.6 Å². The largest absolute Gasteiger partial charge is 0.354 e. The maximum Gasteiger partial charge on any atom is 0.258 e. The summed E-state index contributed by atoms with van der Waals surface area (Å²) in [5.74, 6) is -0.307. The van der Waals surface area contributed by atoms with Gasteiger partial charge >= 0.3 is 0 Å². The summed E-state index contributed by atoms with van der Waals surface area (Å²) < 4.78 is 0. The van der Waals surface area contributed by atoms with Gasteiger partial charge in [-0.3, -0.25) is 14.5 Å². The van der Waals surface area contributed by atoms with Gasteiger partial charge in [-0.1, -0.05) is 62.4 Å². The number of rotatable bonds is 9. The number of anilines is 2. The number of carbonyl (C=O) groups is 2. The summed E-state index contributed by atoms with van der Waals surface area (Å²) in [5, 5.41) is 9.60. The van der Waals surface area contributed by atoms with Gasteiger partial charge in [0.2, 0.25) is 0 Å². The zero-order valence-corrected chi connectivity index (χ0v) is 22.2. The highest BCUT2D eigenvalue weighted by atomic mass is 16.2. The predicted octanol–water partition coefficient (Wildman–Crippen LogP) is 6.13. The molecule has 5 rings (SSSR count). The molecule has 6 nitrogen and oxygen atoms in total. The number of carbonyl (C=O) groups excluding carboxylic acids is 2. The van der Waals surface area contributed by atoms with Crippen LogP contribution in [0.3, 0.4) is 0 Å². The minimum absolute atomic E-state index is 0.122. The average molecular weight is 509 g/mol. The summed E-state index contributed by atoms with van der Waals surface area (Å²) in [5.41, 5.74) is 6.41. The fourth-order valence-corrected chi connectivity index (χ4v) is 5.24. The molecule has 38 heavy (non-hydrogen) atoms. The van der Waals surface area contributed by atoms with Crippen molar-refractivity contribution in [2.24, 2.45) is 0 Å². The van der Waals surface area contributed by atoms with Gasteiger partial charge in [0.1, 0.15) is 0 Å². The third-order valence-electron chi connectivity index (χ3n) is 7.49. The van der Waals surface area contributed by atoms with Crippen molar-refractivity contribution < 1.29 is 9.59 Å². The zero-order chi connectivity index (χ0) is 26.5. The van der Waals surface area contributed by atoms with E-state index in [0.717, 1.165) is 41.9 Å². The van der Waals surface area contributed by atoms with E-state index in [1.54, 1.807) is 12.1 Å². The molecular formula is C32H36N4O2. The van der Waals surface area contributed by atoms with Crippen LogP contribution in [-0.2, 0) is 11.3 Å². The quantitative estimate of drug-likeness (QED) is 0.304. The second-order valence-electron chi connectivity index (χ2n) is 10.1. The number of amides is 2. The highest BCUT2D eigenvalue weighted by Gasteiger charge is 2.29. The number of nitrogens with zero attached hydrogens (tertiary/aromatic N) is 1. The highest BCUT2D eigenvalue weighted by molar-refractivity contribution is 6.37. The van der Waals surface area contributed by atoms with Gasteiger partial charge in [0.15, 0.2) is 0 Å². The fourth-order valence-electron chi connectivity index (χ4n) is 5.24. The summed E-state index contributed by atoms with van der Waals surface area (Å²) in [4.78, 5) is 28.6. The lowest BCUT2D eigenvalue weighted by Crippen LogP contribution is -2.33. The molecule has 0 aliphatic carbocycles. The van der Waals surface area contributed by atoms with Crippen molar-refractivity contribution in [3.63, 3.8) is 0 Å². The second-order valence-corrected chi connectivity index (χ2v) is 10.1. The standard InChI is InChI=1S/C32H36N4O2/c1-3-25(4-2)34-31(37)24-14-17-27-28(20-24)35-32(38)29(27)30(23-10-6-5-7-11-23)33-26-15-12-22(13-16-26)21-36-18-8-9-19-36/h5-7,10-17,20,25,33H,3-4,8-9,18-19,21H2,1-2H3,(H,34,37)(H,35,38)/b30-29-. The van der Waals surface area contributed by atoms with Gasteiger partial charge in [0.25, 0.3) is 11.8 Å². The molecule has 2 amide bonds. The topological polar surface area (TPSA) is 73.5 Å². The van der Waals surface area contributed by atoms with Crippen LogP contribution in [0.25, 0.3) is 11.3 Å². The van der Waals surface area contributed by atoms with E-state index in [9.17, 15) is 9.59 Å². The number of likely N-dealkylation sites (tertiary alicyclic amines) is 1. The van der Waals surface area contributed by atoms with E-state index in [0.29, 0.717) is 16.8 Å². The molecule has 1 fully saturated rings. The van der Waals surface area contributed by atoms with Crippen LogP contribution in [0.5, 0.6) is 0 Å². The SMILES string of the molecule is CCC(CC)NC(=O)c1ccc2c(c1)NC(=O)/C2=C(\Nc1ccc(CN2CCCC2)cc1)c1ccccc1. The van der Waals surface area contributed by atoms with Crippen LogP contribution in [0.2, 0.25) is 0 Å². The summed E-state index contributed by atoms with van der Waals surface area (Å²) in [6.07, 6.45) is 4.31. The first kappa shape index (κ1) is 25.7. The van der Waals surface area contributed by atoms with Crippen molar-refractivity contribution >= 4 is 34.5 Å². The summed E-state index contributed by atoms with van der Waals surface area (Å²) in [7, 11) is 0. The maximum atomic E-state index is 13.3. The fraction of sp³-hybridized carbons (Fsp3) is 0.312. The van der Waals surface area contributed by atoms with Crippen molar-refractivity contribution in [2.45, 2.75) is 52.1 Å². The molecule has 0 radical (unpaired) electrons. The number of hydrogen-bond acceptors (Lipinski definition) is 4. The Labute approximate surface area is 225 Å². The van der Waals surface area contributed by atoms with Crippen molar-refractivity contribution in [3.05, 3.63) is 95.1 Å². The molecule has 2 aliphatic rings. The molecule has 1 saturated heterocycles. The first-order valence-corrected chi connectivity index (χ1v) is 13.7. The molecule has 196 valence electrons. The van der Waals surface area contributed by atoms with E-state index in [1.807, 2.05) is 36.4 Å². The van der Waals surface area contributed by atoms with Crippen LogP contribution in [0.15, 0.2) is 72.8 Å². The first-order chi connectivity index (χ1) is 18.6. The maximum absolute atomic E-state index is 13.3. The van der Waals surface area contributed by atoms with Crippen LogP contribution >= 0.6 is 0 Å². The predicted molar refractivity (Wildman–Crippen MR) is 155 cm³/mol. The minimum atomic E-state index is -0.186. The smallest absolute Gasteiger partial charge is 0.258 e. The lowest BCUT2D eigenvalue weighted by molar-refractivity contribution is -0.110. The van der Waals surface area contributed by atoms with E-state index in [-0.39, 0.29) is 17.9 Å². The molecule has 3 N–H and O–H groups in total. The second kappa shape index (κ2) is 11.7. The Bertz CT molecular complexity index is 1320. The number of fused-ring (bicyclic) bond motifs is 1. The summed E-state index contributed by atoms with van der Waals surface area (Å²) >= 11 is 0. The zero-order valence-electron chi connectivity index (χ0n) is 22.2. The number of hydrogen-bond donors (Lipinski definition) is 3. The van der Waals surface area contributed by atoms with Gasteiger partial charge in [0, 0.05) is 35.1 Å². The minimum Gasteiger partial charge on any atom is -0.354 e. The Morgan fingerprint density at radius 3 is 2.32 bits per heavy atom. The van der Waals surface area contributed by atoms with E-state index in [2.05, 4.69) is 59.0 Å². The van der Waals surface area contributed by atoms with E-state index in [4.69, 9.17) is 0 Å². The van der Waals surface area contributed by atoms with Gasteiger partial charge < -0.3 is 16.0 Å². The molecule has 0 bridgehead atoms. The molecule has 3 aromatic carbocycles. The third-order valence-corrected chi connectivity index (χ3v) is 7.49. The molecule has 3 aromatic rings. The van der Waals surface area contributed by atoms with Crippen LogP contribution in [0, 0.1) is 0 Å². The van der Waals surface area contributed by atoms with Crippen LogP contribution in [0.4, 0.5) is 11.4 Å². The molecule has 0 spiro atoms. The monoisotopic (exact) mass is 508 g/mol. The van der Waals surface area contributed by atoms with Gasteiger partial charge in [-0.15, -0.1) is 0 Å². The van der Waals surface area contributed by atoms with Crippen molar-refractivity contribution in [3.8, 4) is 0 Å². The molecule has 2 aliphatic heterocycles. The molecular weight excluding hydrogens is 472 g/mol. The molecule has 2 heterocycles. The van der Waals surface area contributed by atoms with Crippen molar-refractivity contribution in [1.29, 1.82) is 0 Å². The lowest BCUT2D eigenvalue weighted by Gasteiger charge is -2.17. The van der Waals surface area contributed by atoms with Gasteiger partial charge in [0.05, 0.1) is 11.3 Å². The number of benzene rings is 3. The Kier molecular flexibility index (Phi) is 7.89. The summed E-state index contributed by atoms with van der Waals surface area (Å²) in [6.45, 7) is 7.43. The van der Waals surface area contributed by atoms with Crippen LogP contribution < -0.4 is 16.0 Å². The molecule has 0 aromatic heterocycles. The van der Waals surface area contributed by atoms with Crippen LogP contribution in [-0.4, -0.2) is 35.8 Å². The van der Waals surface area contributed by atoms with E-state index in [1.165, 1.54) is 31.5 Å². The Hall–Kier alpha value is -3.90. The van der Waals surface area contributed by atoms with Gasteiger partial charge in [-0.25, -0.2) is 0 Å². The van der Waals surface area contributed by atoms with E-state index >= 15 is 0 Å². The number of nitrogens with one attached hydrogen (secondary N) is 3. The van der Waals surface area contributed by atoms with Crippen molar-refractivity contribution in [1.82, 2.24) is 10.2 Å². The van der Waals surface area contributed by atoms with Gasteiger partial charge in [-0.2, -0.15) is 0 Å². The average Bonchev–Trinajstić information content (AvgIpc) is 3.58. The Balaban J connectivity index is 1.45. The first-order valence-electron chi connectivity index (χ1n) is 13.7. The molecule has 6 heteroatoms. The third kappa shape index (κ3) is 5.65. The highest BCUT2D eigenvalue weighted by Crippen LogP contribution is 2.38. The molecule has 0 unspecified atom stereocenters. The van der Waals surface area contributed by atoms with Crippen molar-refractivity contribution in [2.75, 3.05) is 23.7 Å². The normalized spacial score (nSPS) is 16.3. The molecule has 0 saturated carbocycles. The lowest BCUT2D eigenvalue weighted by atomic mass is 9.98. The summed E-state index contributed by atoms with van der Waals surface area (Å²) in [6, 6.07) is 23.9. The molecule has 0 atom stereocenters. The van der Waals surface area contributed by atoms with E-state index < -0.39 is 0 Å². The Morgan fingerprint density at radius 1 is 0.921 bits per heavy atom. The van der Waals surface area contributed by atoms with Gasteiger partial charge in [-0.05, 0) is 74.2 Å².